The van der Waals surface area contributed by atoms with Gasteiger partial charge in [0.15, 0.2) is 0 Å². The lowest BCUT2D eigenvalue weighted by Gasteiger charge is -2.36. The molecule has 2 aliphatic rings. The third kappa shape index (κ3) is 10.4. The van der Waals surface area contributed by atoms with Crippen molar-refractivity contribution in [2.75, 3.05) is 6.54 Å². The predicted octanol–water partition coefficient (Wildman–Crippen LogP) is 2.97. The van der Waals surface area contributed by atoms with E-state index in [0.717, 1.165) is 19.3 Å². The number of carbonyl (C=O) groups excluding carboxylic acids is 5. The highest BCUT2D eigenvalue weighted by Crippen LogP contribution is 2.33. The van der Waals surface area contributed by atoms with Crippen LogP contribution in [0.4, 0.5) is 4.79 Å². The van der Waals surface area contributed by atoms with E-state index in [4.69, 9.17) is 5.73 Å². The Bertz CT molecular complexity index is 1330. The van der Waals surface area contributed by atoms with Crippen LogP contribution in [0.1, 0.15) is 93.4 Å². The first-order valence-corrected chi connectivity index (χ1v) is 17.2. The third-order valence-corrected chi connectivity index (χ3v) is 9.87. The lowest BCUT2D eigenvalue weighted by atomic mass is 9.81. The number of Topliss-reactive ketones (excluding diaryl/α,β-unsaturated/α-hetero) is 1. The van der Waals surface area contributed by atoms with Crippen LogP contribution in [0.5, 0.6) is 0 Å². The molecule has 0 spiro atoms. The second kappa shape index (κ2) is 16.4. The summed E-state index contributed by atoms with van der Waals surface area (Å²) >= 11 is 0. The van der Waals surface area contributed by atoms with Crippen molar-refractivity contribution < 1.29 is 24.0 Å². The minimum Gasteiger partial charge on any atom is -0.363 e. The van der Waals surface area contributed by atoms with Gasteiger partial charge in [0, 0.05) is 25.4 Å². The van der Waals surface area contributed by atoms with Crippen LogP contribution in [0.25, 0.3) is 0 Å². The van der Waals surface area contributed by atoms with Crippen molar-refractivity contribution in [1.29, 1.82) is 0 Å². The van der Waals surface area contributed by atoms with Crippen molar-refractivity contribution >= 4 is 29.5 Å². The Balaban J connectivity index is 1.78. The molecule has 1 aromatic heterocycles. The van der Waals surface area contributed by atoms with Gasteiger partial charge >= 0.3 is 6.03 Å². The average molecular weight is 657 g/mol. The number of carbonyl (C=O) groups is 5. The average Bonchev–Trinajstić information content (AvgIpc) is 3.42. The SMILES string of the molecule is CC(C)C1C[C@@H](C(=O)NC(CCCC2CCC2)C(=O)C(N)=O)N(C(=O)[C@@H](NC(=O)N[C@H](Cn2ccccc2=O)C(C)C)C(C)(C)C)C1. The van der Waals surface area contributed by atoms with Crippen LogP contribution >= 0.6 is 0 Å². The number of ketones is 1. The van der Waals surface area contributed by atoms with Gasteiger partial charge in [-0.15, -0.1) is 0 Å². The molecule has 1 saturated heterocycles. The van der Waals surface area contributed by atoms with E-state index in [1.54, 1.807) is 18.3 Å². The molecule has 5 atom stereocenters. The lowest BCUT2D eigenvalue weighted by Crippen LogP contribution is -2.61. The quantitative estimate of drug-likeness (QED) is 0.211. The Morgan fingerprint density at radius 2 is 1.68 bits per heavy atom. The highest BCUT2D eigenvalue weighted by Gasteiger charge is 2.46. The molecule has 2 heterocycles. The summed E-state index contributed by atoms with van der Waals surface area (Å²) in [5, 5.41) is 8.58. The first-order valence-electron chi connectivity index (χ1n) is 17.2. The van der Waals surface area contributed by atoms with E-state index in [0.29, 0.717) is 31.7 Å². The predicted molar refractivity (Wildman–Crippen MR) is 180 cm³/mol. The maximum Gasteiger partial charge on any atom is 0.315 e. The zero-order valence-corrected chi connectivity index (χ0v) is 29.2. The van der Waals surface area contributed by atoms with Gasteiger partial charge in [0.05, 0.1) is 12.1 Å². The third-order valence-electron chi connectivity index (χ3n) is 9.87. The van der Waals surface area contributed by atoms with Crippen LogP contribution < -0.4 is 27.2 Å². The fraction of sp³-hybridized carbons (Fsp3) is 0.714. The van der Waals surface area contributed by atoms with E-state index in [-0.39, 0.29) is 29.9 Å². The van der Waals surface area contributed by atoms with Gasteiger partial charge in [-0.05, 0) is 48.0 Å². The second-order valence-electron chi connectivity index (χ2n) is 15.2. The van der Waals surface area contributed by atoms with E-state index in [1.807, 2.05) is 48.5 Å². The smallest absolute Gasteiger partial charge is 0.315 e. The maximum absolute atomic E-state index is 14.3. The zero-order chi connectivity index (χ0) is 35.1. The molecule has 0 radical (unpaired) electrons. The van der Waals surface area contributed by atoms with E-state index >= 15 is 0 Å². The summed E-state index contributed by atoms with van der Waals surface area (Å²) in [5.74, 6) is -2.06. The van der Waals surface area contributed by atoms with Gasteiger partial charge in [0.25, 0.3) is 11.5 Å². The molecule has 1 aromatic rings. The van der Waals surface area contributed by atoms with Crippen LogP contribution in [0.15, 0.2) is 29.2 Å². The molecular weight excluding hydrogens is 600 g/mol. The van der Waals surface area contributed by atoms with Crippen molar-refractivity contribution in [3.63, 3.8) is 0 Å². The number of nitrogens with one attached hydrogen (secondary N) is 3. The summed E-state index contributed by atoms with van der Waals surface area (Å²) in [4.78, 5) is 79.9. The number of nitrogens with zero attached hydrogens (tertiary/aromatic N) is 2. The lowest BCUT2D eigenvalue weighted by molar-refractivity contribution is -0.143. The molecule has 1 aliphatic carbocycles. The molecular formula is C35H56N6O6. The molecule has 5 N–H and O–H groups in total. The topological polar surface area (TPSA) is 173 Å². The van der Waals surface area contributed by atoms with E-state index in [2.05, 4.69) is 16.0 Å². The van der Waals surface area contributed by atoms with Gasteiger partial charge in [-0.2, -0.15) is 0 Å². The molecule has 5 amide bonds. The summed E-state index contributed by atoms with van der Waals surface area (Å²) in [6.45, 7) is 14.0. The minimum atomic E-state index is -1.10. The first kappa shape index (κ1) is 37.8. The fourth-order valence-electron chi connectivity index (χ4n) is 6.35. The Labute approximate surface area is 279 Å². The summed E-state index contributed by atoms with van der Waals surface area (Å²) in [7, 11) is 0. The molecule has 2 unspecified atom stereocenters. The van der Waals surface area contributed by atoms with E-state index in [1.165, 1.54) is 22.0 Å². The number of aromatic nitrogens is 1. The molecule has 2 fully saturated rings. The first-order chi connectivity index (χ1) is 22.0. The summed E-state index contributed by atoms with van der Waals surface area (Å²) in [6.07, 6.45) is 7.47. The van der Waals surface area contributed by atoms with E-state index < -0.39 is 59.1 Å². The highest BCUT2D eigenvalue weighted by atomic mass is 16.2. The van der Waals surface area contributed by atoms with Gasteiger partial charge in [0.2, 0.25) is 17.6 Å². The van der Waals surface area contributed by atoms with Crippen molar-refractivity contribution in [2.24, 2.45) is 34.8 Å². The summed E-state index contributed by atoms with van der Waals surface area (Å²) < 4.78 is 1.53. The van der Waals surface area contributed by atoms with Crippen LogP contribution in [0, 0.1) is 29.1 Å². The number of urea groups is 1. The van der Waals surface area contributed by atoms with Gasteiger partial charge < -0.3 is 31.2 Å². The number of pyridine rings is 1. The van der Waals surface area contributed by atoms with Crippen molar-refractivity contribution in [3.8, 4) is 0 Å². The van der Waals surface area contributed by atoms with Gasteiger partial charge in [-0.3, -0.25) is 24.0 Å². The van der Waals surface area contributed by atoms with Gasteiger partial charge in [-0.1, -0.05) is 86.6 Å². The number of hydrogen-bond donors (Lipinski definition) is 4. The minimum absolute atomic E-state index is 0.0140. The van der Waals surface area contributed by atoms with Gasteiger partial charge in [0.1, 0.15) is 12.1 Å². The van der Waals surface area contributed by atoms with Crippen LogP contribution in [0.2, 0.25) is 0 Å². The number of likely N-dealkylation sites (tertiary alicyclic amines) is 1. The molecule has 12 heteroatoms. The zero-order valence-electron chi connectivity index (χ0n) is 29.2. The maximum atomic E-state index is 14.3. The Morgan fingerprint density at radius 1 is 1.00 bits per heavy atom. The monoisotopic (exact) mass is 656 g/mol. The largest absolute Gasteiger partial charge is 0.363 e. The van der Waals surface area contributed by atoms with Crippen molar-refractivity contribution in [1.82, 2.24) is 25.4 Å². The number of hydrogen-bond acceptors (Lipinski definition) is 6. The summed E-state index contributed by atoms with van der Waals surface area (Å²) in [6, 6.07) is 0.995. The van der Waals surface area contributed by atoms with Gasteiger partial charge in [-0.25, -0.2) is 4.79 Å². The van der Waals surface area contributed by atoms with Crippen LogP contribution in [-0.4, -0.2) is 69.7 Å². The molecule has 262 valence electrons. The molecule has 1 saturated carbocycles. The molecule has 12 nitrogen and oxygen atoms in total. The Morgan fingerprint density at radius 3 is 2.21 bits per heavy atom. The number of rotatable bonds is 15. The molecule has 47 heavy (non-hydrogen) atoms. The highest BCUT2D eigenvalue weighted by molar-refractivity contribution is 6.37. The number of amides is 5. The molecule has 0 bridgehead atoms. The van der Waals surface area contributed by atoms with Crippen molar-refractivity contribution in [3.05, 3.63) is 34.7 Å². The normalized spacial score (nSPS) is 20.3. The van der Waals surface area contributed by atoms with Crippen LogP contribution in [0.3, 0.4) is 0 Å². The molecule has 0 aromatic carbocycles. The molecule has 3 rings (SSSR count). The van der Waals surface area contributed by atoms with Crippen molar-refractivity contribution in [2.45, 2.75) is 124 Å². The Hall–Kier alpha value is -3.70. The fourth-order valence-corrected chi connectivity index (χ4v) is 6.35. The Kier molecular flexibility index (Phi) is 13.2. The number of primary amides is 1. The second-order valence-corrected chi connectivity index (χ2v) is 15.2. The standard InChI is InChI=1S/C35H56N6O6/c1-21(2)24-18-27(32(45)37-25(29(43)31(36)44)15-11-14-23-12-10-13-23)41(19-24)33(46)30(35(5,6)7)39-34(47)38-26(22(3)4)20-40-17-9-8-16-28(40)42/h8-9,16-17,21-27,30H,10-15,18-20H2,1-7H3,(H2,36,44)(H,37,45)(H2,38,39,47)/t24?,25?,26-,27+,30-/m1/s1. The van der Waals surface area contributed by atoms with Crippen LogP contribution in [-0.2, 0) is 25.7 Å². The number of nitrogens with two attached hydrogens (primary N) is 1. The summed E-state index contributed by atoms with van der Waals surface area (Å²) in [5.41, 5.74) is 4.44. The molecule has 1 aliphatic heterocycles. The van der Waals surface area contributed by atoms with E-state index in [9.17, 15) is 28.8 Å².